The van der Waals surface area contributed by atoms with E-state index in [0.29, 0.717) is 63.9 Å². The molecule has 206 valence electrons. The number of carbonyl (C=O) groups excluding carboxylic acids is 3. The van der Waals surface area contributed by atoms with Gasteiger partial charge in [-0.05, 0) is 92.7 Å². The molecule has 8 rings (SSSR count). The molecule has 0 spiro atoms. The molecule has 40 heavy (non-hydrogen) atoms. The van der Waals surface area contributed by atoms with Crippen LogP contribution in [0, 0.1) is 0 Å². The first-order valence-corrected chi connectivity index (χ1v) is 13.0. The molecule has 0 saturated heterocycles. The average molecular weight is 541 g/mol. The highest BCUT2D eigenvalue weighted by atomic mass is 16.5. The molecule has 4 bridgehead atoms. The summed E-state index contributed by atoms with van der Waals surface area (Å²) >= 11 is 0. The van der Waals surface area contributed by atoms with Crippen molar-refractivity contribution in [3.8, 4) is 23.0 Å². The lowest BCUT2D eigenvalue weighted by Gasteiger charge is -2.17. The van der Waals surface area contributed by atoms with Crippen molar-refractivity contribution in [2.75, 3.05) is 27.4 Å². The zero-order chi connectivity index (χ0) is 28.6. The van der Waals surface area contributed by atoms with Crippen LogP contribution >= 0.6 is 0 Å². The fraction of sp³-hybridized carbons (Fsp3) is 0.242. The third-order valence-electron chi connectivity index (χ3n) is 6.31. The maximum Gasteiger partial charge on any atom is 0.197 e. The van der Waals surface area contributed by atoms with E-state index in [1.54, 1.807) is 60.7 Å². The molecule has 7 nitrogen and oxygen atoms in total. The predicted octanol–water partition coefficient (Wildman–Crippen LogP) is 6.47. The quantitative estimate of drug-likeness (QED) is 0.288. The topological polar surface area (TPSA) is 88.1 Å². The van der Waals surface area contributed by atoms with Crippen LogP contribution in [0.2, 0.25) is 0 Å². The van der Waals surface area contributed by atoms with Gasteiger partial charge in [-0.2, -0.15) is 0 Å². The summed E-state index contributed by atoms with van der Waals surface area (Å²) < 4.78 is 22.9. The van der Waals surface area contributed by atoms with Gasteiger partial charge in [0.25, 0.3) is 0 Å². The lowest BCUT2D eigenvalue weighted by Crippen LogP contribution is -2.11. The first kappa shape index (κ1) is 28.4. The first-order valence-electron chi connectivity index (χ1n) is 13.0. The zero-order valence-corrected chi connectivity index (χ0v) is 23.1. The third kappa shape index (κ3) is 6.31. The number of methoxy groups -OCH3 is 2. The van der Waals surface area contributed by atoms with E-state index in [2.05, 4.69) is 0 Å². The molecule has 0 atom stereocenters. The van der Waals surface area contributed by atoms with Crippen molar-refractivity contribution in [2.45, 2.75) is 26.7 Å². The van der Waals surface area contributed by atoms with E-state index >= 15 is 0 Å². The maximum absolute atomic E-state index is 13.9. The maximum atomic E-state index is 13.9. The van der Waals surface area contributed by atoms with E-state index in [4.69, 9.17) is 18.9 Å². The molecule has 4 aromatic carbocycles. The number of Topliss-reactive ketones (excluding diaryl/α,β-unsaturated/α-hetero) is 1. The molecule has 4 aromatic rings. The number of benzene rings is 4. The molecular weight excluding hydrogens is 508 g/mol. The highest BCUT2D eigenvalue weighted by Gasteiger charge is 2.26. The van der Waals surface area contributed by atoms with E-state index in [9.17, 15) is 14.4 Å². The summed E-state index contributed by atoms with van der Waals surface area (Å²) in [6.45, 7) is 4.15. The minimum absolute atomic E-state index is 0.167. The van der Waals surface area contributed by atoms with Crippen molar-refractivity contribution in [3.05, 3.63) is 95.1 Å². The Bertz CT molecular complexity index is 1410. The normalized spacial score (nSPS) is 13.2. The summed E-state index contributed by atoms with van der Waals surface area (Å²) in [6, 6.07) is 21.2. The molecule has 0 radical (unpaired) electrons. The molecule has 0 amide bonds. The van der Waals surface area contributed by atoms with Gasteiger partial charge in [0, 0.05) is 16.5 Å². The van der Waals surface area contributed by atoms with E-state index < -0.39 is 0 Å². The Kier molecular flexibility index (Phi) is 9.17. The summed E-state index contributed by atoms with van der Waals surface area (Å²) in [6.07, 6.45) is 1.65. The van der Waals surface area contributed by atoms with Crippen LogP contribution in [0.15, 0.2) is 72.8 Å². The van der Waals surface area contributed by atoms with Gasteiger partial charge >= 0.3 is 0 Å². The number of hydrogen-bond donors (Lipinski definition) is 0. The van der Waals surface area contributed by atoms with Crippen molar-refractivity contribution >= 4 is 28.1 Å². The van der Waals surface area contributed by atoms with Crippen LogP contribution in [0.4, 0.5) is 0 Å². The largest absolute Gasteiger partial charge is 0.496 e. The standard InChI is InChI=1S/C30H26O6.C3H6O/c1-33-24-15-9-19-10-16-25(34-2)28-26(19)27(24)29(31)20-5-11-22(12-6-20)35-17-3-4-18-36-23-13-7-21(8-14-23)30(28)32;1-3(2)4/h5-16H,3-4,17-18H2,1-2H3;1-2H3. The van der Waals surface area contributed by atoms with Gasteiger partial charge in [-0.1, -0.05) is 12.1 Å². The molecule has 7 heteroatoms. The van der Waals surface area contributed by atoms with E-state index in [-0.39, 0.29) is 17.3 Å². The smallest absolute Gasteiger partial charge is 0.197 e. The summed E-state index contributed by atoms with van der Waals surface area (Å²) in [7, 11) is 3.02. The Labute approximate surface area is 233 Å². The predicted molar refractivity (Wildman–Crippen MR) is 153 cm³/mol. The molecule has 0 N–H and O–H groups in total. The zero-order valence-electron chi connectivity index (χ0n) is 23.1. The Morgan fingerprint density at radius 3 is 1.35 bits per heavy atom. The average Bonchev–Trinajstić information content (AvgIpc) is 2.97. The van der Waals surface area contributed by atoms with Crippen LogP contribution in [-0.2, 0) is 4.79 Å². The fourth-order valence-corrected chi connectivity index (χ4v) is 4.45. The van der Waals surface area contributed by atoms with Gasteiger partial charge in [-0.25, -0.2) is 0 Å². The fourth-order valence-electron chi connectivity index (χ4n) is 4.45. The molecule has 0 aliphatic carbocycles. The highest BCUT2D eigenvalue weighted by molar-refractivity contribution is 6.26. The highest BCUT2D eigenvalue weighted by Crippen LogP contribution is 2.38. The van der Waals surface area contributed by atoms with E-state index in [1.807, 2.05) is 12.1 Å². The van der Waals surface area contributed by atoms with Crippen molar-refractivity contribution in [1.29, 1.82) is 0 Å². The van der Waals surface area contributed by atoms with Crippen molar-refractivity contribution < 1.29 is 33.3 Å². The summed E-state index contributed by atoms with van der Waals surface area (Å²) in [4.78, 5) is 37.2. The summed E-state index contributed by atoms with van der Waals surface area (Å²) in [5, 5.41) is 1.22. The Morgan fingerprint density at radius 1 is 0.625 bits per heavy atom. The monoisotopic (exact) mass is 540 g/mol. The Hall–Kier alpha value is -4.65. The van der Waals surface area contributed by atoms with Gasteiger partial charge in [0.2, 0.25) is 0 Å². The van der Waals surface area contributed by atoms with Gasteiger partial charge in [0.05, 0.1) is 38.6 Å². The van der Waals surface area contributed by atoms with Crippen molar-refractivity contribution in [1.82, 2.24) is 0 Å². The minimum Gasteiger partial charge on any atom is -0.496 e. The Balaban J connectivity index is 0.000000867. The molecule has 0 saturated carbocycles. The SMILES string of the molecule is CC(C)=O.COc1ccc2ccc(OC)c3c2c1C(=O)c1ccc(cc1)OCCCCOc1ccc(cc1)C3=O. The molecule has 4 aliphatic rings. The molecule has 4 heterocycles. The van der Waals surface area contributed by atoms with Crippen LogP contribution in [0.5, 0.6) is 23.0 Å². The van der Waals surface area contributed by atoms with Crippen molar-refractivity contribution in [3.63, 3.8) is 0 Å². The van der Waals surface area contributed by atoms with E-state index in [0.717, 1.165) is 18.2 Å². The lowest BCUT2D eigenvalue weighted by atomic mass is 9.89. The molecule has 0 aromatic heterocycles. The van der Waals surface area contributed by atoms with Gasteiger partial charge in [0.15, 0.2) is 11.6 Å². The second kappa shape index (κ2) is 12.9. The lowest BCUT2D eigenvalue weighted by molar-refractivity contribution is -0.115. The minimum atomic E-state index is -0.257. The molecule has 0 unspecified atom stereocenters. The van der Waals surface area contributed by atoms with Gasteiger partial charge in [0.1, 0.15) is 28.8 Å². The van der Waals surface area contributed by atoms with Crippen LogP contribution in [0.25, 0.3) is 10.8 Å². The summed E-state index contributed by atoms with van der Waals surface area (Å²) in [5.74, 6) is 1.78. The van der Waals surface area contributed by atoms with E-state index in [1.165, 1.54) is 28.1 Å². The first-order chi connectivity index (χ1) is 19.3. The Morgan fingerprint density at radius 2 is 1.00 bits per heavy atom. The number of carbonyl (C=O) groups is 3. The third-order valence-corrected chi connectivity index (χ3v) is 6.31. The number of ether oxygens (including phenoxy) is 4. The van der Waals surface area contributed by atoms with Crippen molar-refractivity contribution in [2.24, 2.45) is 0 Å². The van der Waals surface area contributed by atoms with Gasteiger partial charge in [-0.15, -0.1) is 0 Å². The van der Waals surface area contributed by atoms with Crippen LogP contribution < -0.4 is 18.9 Å². The van der Waals surface area contributed by atoms with Crippen LogP contribution in [0.3, 0.4) is 0 Å². The number of ketones is 3. The second-order valence-corrected chi connectivity index (χ2v) is 9.40. The van der Waals surface area contributed by atoms with Crippen LogP contribution in [0.1, 0.15) is 58.5 Å². The van der Waals surface area contributed by atoms with Crippen LogP contribution in [-0.4, -0.2) is 44.8 Å². The molecule has 0 fully saturated rings. The second-order valence-electron chi connectivity index (χ2n) is 9.40. The molecular formula is C33H32O7. The van der Waals surface area contributed by atoms with Gasteiger partial charge in [-0.3, -0.25) is 9.59 Å². The van der Waals surface area contributed by atoms with Gasteiger partial charge < -0.3 is 23.7 Å². The summed E-state index contributed by atoms with van der Waals surface area (Å²) in [5.41, 5.74) is 1.54. The number of rotatable bonds is 2. The molecule has 4 aliphatic heterocycles. The number of hydrogen-bond acceptors (Lipinski definition) is 7.